The normalized spacial score (nSPS) is 44.8. The van der Waals surface area contributed by atoms with Gasteiger partial charge in [-0.05, 0) is 6.42 Å². The predicted octanol–water partition coefficient (Wildman–Crippen LogP) is -2.56. The Morgan fingerprint density at radius 3 is 2.08 bits per heavy atom. The second-order valence-electron chi connectivity index (χ2n) is 3.20. The van der Waals surface area contributed by atoms with Crippen molar-refractivity contribution in [1.29, 1.82) is 0 Å². The van der Waals surface area contributed by atoms with E-state index in [0.29, 0.717) is 0 Å². The van der Waals surface area contributed by atoms with Crippen molar-refractivity contribution >= 4 is 0 Å². The lowest BCUT2D eigenvalue weighted by Crippen LogP contribution is -2.35. The Morgan fingerprint density at radius 1 is 1.17 bits per heavy atom. The average Bonchev–Trinajstić information content (AvgIpc) is 2.32. The molecule has 0 spiro atoms. The van der Waals surface area contributed by atoms with Crippen LogP contribution in [0.15, 0.2) is 0 Å². The van der Waals surface area contributed by atoms with Crippen molar-refractivity contribution in [3.05, 3.63) is 0 Å². The minimum Gasteiger partial charge on any atom is -0.394 e. The third kappa shape index (κ3) is 1.60. The summed E-state index contributed by atoms with van der Waals surface area (Å²) in [6.07, 6.45) is -4.33. The highest BCUT2D eigenvalue weighted by Crippen LogP contribution is 2.29. The molecule has 0 aliphatic heterocycles. The molecule has 5 nitrogen and oxygen atoms in total. The molecule has 0 heterocycles. The van der Waals surface area contributed by atoms with Crippen LogP contribution in [-0.2, 0) is 0 Å². The Morgan fingerprint density at radius 2 is 1.75 bits per heavy atom. The second kappa shape index (κ2) is 3.68. The Kier molecular flexibility index (Phi) is 3.03. The molecule has 0 amide bonds. The Hall–Kier alpha value is -0.200. The number of aliphatic hydroxyl groups is 5. The third-order valence-electron chi connectivity index (χ3n) is 2.38. The van der Waals surface area contributed by atoms with Crippen molar-refractivity contribution in [3.8, 4) is 0 Å². The molecule has 5 atom stereocenters. The number of aliphatic hydroxyl groups excluding tert-OH is 5. The van der Waals surface area contributed by atoms with E-state index in [4.69, 9.17) is 20.4 Å². The third-order valence-corrected chi connectivity index (χ3v) is 2.38. The molecule has 1 aliphatic carbocycles. The molecule has 0 aromatic carbocycles. The summed E-state index contributed by atoms with van der Waals surface area (Å²) in [5, 5.41) is 45.1. The van der Waals surface area contributed by atoms with E-state index >= 15 is 0 Å². The number of hydrogen-bond donors (Lipinski definition) is 5. The van der Waals surface area contributed by atoms with E-state index in [-0.39, 0.29) is 6.42 Å². The van der Waals surface area contributed by atoms with Crippen LogP contribution >= 0.6 is 0 Å². The van der Waals surface area contributed by atoms with Gasteiger partial charge in [0, 0.05) is 5.92 Å². The summed E-state index contributed by atoms with van der Waals surface area (Å²) in [4.78, 5) is 0. The summed E-state index contributed by atoms with van der Waals surface area (Å²) < 4.78 is 0. The second-order valence-corrected chi connectivity index (χ2v) is 3.20. The highest BCUT2D eigenvalue weighted by atomic mass is 16.4. The van der Waals surface area contributed by atoms with E-state index in [1.54, 1.807) is 0 Å². The number of rotatable bonds is 2. The topological polar surface area (TPSA) is 101 Å². The zero-order valence-electron chi connectivity index (χ0n) is 6.54. The van der Waals surface area contributed by atoms with Gasteiger partial charge in [-0.3, -0.25) is 0 Å². The predicted molar refractivity (Wildman–Crippen MR) is 39.2 cm³/mol. The monoisotopic (exact) mass is 178 g/mol. The van der Waals surface area contributed by atoms with Crippen LogP contribution in [0.1, 0.15) is 6.42 Å². The largest absolute Gasteiger partial charge is 0.394 e. The van der Waals surface area contributed by atoms with Gasteiger partial charge >= 0.3 is 0 Å². The molecule has 0 radical (unpaired) electrons. The van der Waals surface area contributed by atoms with E-state index in [1.807, 2.05) is 0 Å². The molecule has 5 N–H and O–H groups in total. The first-order valence-corrected chi connectivity index (χ1v) is 3.91. The lowest BCUT2D eigenvalue weighted by atomic mass is 9.99. The first kappa shape index (κ1) is 9.88. The van der Waals surface area contributed by atoms with Crippen molar-refractivity contribution in [2.45, 2.75) is 30.8 Å². The summed E-state index contributed by atoms with van der Waals surface area (Å²) >= 11 is 0. The molecule has 1 saturated carbocycles. The Labute approximate surface area is 69.9 Å². The van der Waals surface area contributed by atoms with E-state index in [1.165, 1.54) is 0 Å². The maximum absolute atomic E-state index is 9.25. The molecular formula is C7H14O5. The lowest BCUT2D eigenvalue weighted by Gasteiger charge is -2.19. The van der Waals surface area contributed by atoms with Crippen LogP contribution in [0.3, 0.4) is 0 Å². The van der Waals surface area contributed by atoms with Gasteiger partial charge in [0.05, 0.1) is 24.9 Å². The molecule has 12 heavy (non-hydrogen) atoms. The minimum absolute atomic E-state index is 0.115. The first-order chi connectivity index (χ1) is 5.57. The van der Waals surface area contributed by atoms with Crippen molar-refractivity contribution < 1.29 is 25.5 Å². The lowest BCUT2D eigenvalue weighted by molar-refractivity contribution is -0.0496. The highest BCUT2D eigenvalue weighted by molar-refractivity contribution is 4.93. The van der Waals surface area contributed by atoms with Crippen LogP contribution in [0.25, 0.3) is 0 Å². The molecule has 5 unspecified atom stereocenters. The zero-order valence-corrected chi connectivity index (χ0v) is 6.54. The van der Waals surface area contributed by atoms with Crippen LogP contribution in [-0.4, -0.2) is 56.6 Å². The van der Waals surface area contributed by atoms with Crippen LogP contribution in [0.2, 0.25) is 0 Å². The summed E-state index contributed by atoms with van der Waals surface area (Å²) in [5.41, 5.74) is 0. The van der Waals surface area contributed by atoms with Gasteiger partial charge in [0.1, 0.15) is 6.10 Å². The van der Waals surface area contributed by atoms with Gasteiger partial charge in [0.25, 0.3) is 0 Å². The van der Waals surface area contributed by atoms with Crippen LogP contribution in [0.5, 0.6) is 0 Å². The molecule has 0 aromatic heterocycles. The molecule has 0 saturated heterocycles. The van der Waals surface area contributed by atoms with Gasteiger partial charge in [-0.1, -0.05) is 0 Å². The fourth-order valence-electron chi connectivity index (χ4n) is 1.56. The Balaban J connectivity index is 2.58. The van der Waals surface area contributed by atoms with Gasteiger partial charge in [0.15, 0.2) is 0 Å². The fraction of sp³-hybridized carbons (Fsp3) is 1.00. The fourth-order valence-corrected chi connectivity index (χ4v) is 1.56. The summed E-state index contributed by atoms with van der Waals surface area (Å²) in [6.45, 7) is -0.471. The number of hydrogen-bond acceptors (Lipinski definition) is 5. The maximum atomic E-state index is 9.25. The van der Waals surface area contributed by atoms with E-state index < -0.39 is 36.9 Å². The maximum Gasteiger partial charge on any atom is 0.106 e. The standard InChI is InChI=1S/C7H14O5/c8-2-5(10)3-1-4(9)7(12)6(3)11/h3-12H,1-2H2. The molecule has 0 aromatic rings. The SMILES string of the molecule is OCC(O)C1CC(O)C(O)C1O. The molecule has 72 valence electrons. The van der Waals surface area contributed by atoms with Gasteiger partial charge in [-0.2, -0.15) is 0 Å². The zero-order chi connectivity index (χ0) is 9.30. The van der Waals surface area contributed by atoms with Crippen molar-refractivity contribution in [1.82, 2.24) is 0 Å². The molecule has 5 heteroatoms. The Bertz CT molecular complexity index is 151. The van der Waals surface area contributed by atoms with E-state index in [0.717, 1.165) is 0 Å². The molecule has 1 rings (SSSR count). The van der Waals surface area contributed by atoms with E-state index in [2.05, 4.69) is 0 Å². The quantitative estimate of drug-likeness (QED) is 0.320. The van der Waals surface area contributed by atoms with Crippen molar-refractivity contribution in [2.75, 3.05) is 6.61 Å². The molecule has 0 bridgehead atoms. The summed E-state index contributed by atoms with van der Waals surface area (Å²) in [5.74, 6) is -0.639. The average molecular weight is 178 g/mol. The van der Waals surface area contributed by atoms with Crippen LogP contribution < -0.4 is 0 Å². The summed E-state index contributed by atoms with van der Waals surface area (Å²) in [7, 11) is 0. The molecule has 1 fully saturated rings. The van der Waals surface area contributed by atoms with Crippen molar-refractivity contribution in [2.24, 2.45) is 5.92 Å². The minimum atomic E-state index is -1.21. The molecule has 1 aliphatic rings. The first-order valence-electron chi connectivity index (χ1n) is 3.91. The van der Waals surface area contributed by atoms with Gasteiger partial charge < -0.3 is 25.5 Å². The molecular weight excluding hydrogens is 164 g/mol. The van der Waals surface area contributed by atoms with Crippen molar-refractivity contribution in [3.63, 3.8) is 0 Å². The van der Waals surface area contributed by atoms with Crippen LogP contribution in [0.4, 0.5) is 0 Å². The summed E-state index contributed by atoms with van der Waals surface area (Å²) in [6, 6.07) is 0. The van der Waals surface area contributed by atoms with Crippen LogP contribution in [0, 0.1) is 5.92 Å². The van der Waals surface area contributed by atoms with E-state index in [9.17, 15) is 5.11 Å². The highest BCUT2D eigenvalue weighted by Gasteiger charge is 2.43. The van der Waals surface area contributed by atoms with Gasteiger partial charge in [-0.25, -0.2) is 0 Å². The van der Waals surface area contributed by atoms with Gasteiger partial charge in [-0.15, -0.1) is 0 Å². The van der Waals surface area contributed by atoms with Gasteiger partial charge in [0.2, 0.25) is 0 Å². The smallest absolute Gasteiger partial charge is 0.106 e.